The largest absolute Gasteiger partial charge is 0.456 e. The minimum Gasteiger partial charge on any atom is -0.456 e. The standard InChI is InChI=1S/C58H36N2O/c1-3-10-37(11-4-1)39-18-22-41(23-19-39)44-26-29-49-51(33-44)52-34-45(42-24-20-40(21-25-42)38-12-5-2-6-13-38)27-30-50(52)58-57(49)59-36-54(60-58)47-15-9-14-43(32-47)46-28-31-56-53(35-46)48-16-7-8-17-55(48)61-56/h1-36H. The molecule has 3 heteroatoms. The normalized spacial score (nSPS) is 11.6. The smallest absolute Gasteiger partial charge is 0.135 e. The Morgan fingerprint density at radius 2 is 0.689 bits per heavy atom. The molecular weight excluding hydrogens is 741 g/mol. The lowest BCUT2D eigenvalue weighted by atomic mass is 9.92. The van der Waals surface area contributed by atoms with Crippen LogP contribution in [0.25, 0.3) is 121 Å². The van der Waals surface area contributed by atoms with Crippen molar-refractivity contribution in [3.8, 4) is 66.9 Å². The second-order valence-corrected chi connectivity index (χ2v) is 15.7. The van der Waals surface area contributed by atoms with E-state index < -0.39 is 0 Å². The third kappa shape index (κ3) is 6.14. The molecule has 0 radical (unpaired) electrons. The fourth-order valence-corrected chi connectivity index (χ4v) is 8.95. The Bertz CT molecular complexity index is 3610. The molecule has 0 aliphatic carbocycles. The molecule has 0 unspecified atom stereocenters. The molecular formula is C58H36N2O. The molecule has 0 fully saturated rings. The molecule has 0 bridgehead atoms. The van der Waals surface area contributed by atoms with Crippen molar-refractivity contribution in [2.24, 2.45) is 0 Å². The molecule has 12 rings (SSSR count). The SMILES string of the molecule is c1ccc(-c2ccc(-c3ccc4c(c3)c3cc(-c5ccc(-c6ccccc6)cc5)ccc3c3nc(-c5cccc(-c6ccc7oc8ccccc8c7c6)c5)cnc43)cc2)cc1. The summed E-state index contributed by atoms with van der Waals surface area (Å²) in [6.07, 6.45) is 1.93. The summed E-state index contributed by atoms with van der Waals surface area (Å²) in [6, 6.07) is 75.6. The van der Waals surface area contributed by atoms with Crippen LogP contribution in [0.4, 0.5) is 0 Å². The summed E-state index contributed by atoms with van der Waals surface area (Å²) in [5, 5.41) is 6.69. The van der Waals surface area contributed by atoms with Crippen molar-refractivity contribution in [2.75, 3.05) is 0 Å². The molecule has 0 saturated heterocycles. The number of hydrogen-bond acceptors (Lipinski definition) is 3. The van der Waals surface area contributed by atoms with Crippen molar-refractivity contribution in [1.82, 2.24) is 9.97 Å². The fourth-order valence-electron chi connectivity index (χ4n) is 8.95. The molecule has 10 aromatic carbocycles. The summed E-state index contributed by atoms with van der Waals surface area (Å²) in [4.78, 5) is 10.6. The summed E-state index contributed by atoms with van der Waals surface area (Å²) in [5.74, 6) is 0. The van der Waals surface area contributed by atoms with Crippen LogP contribution in [0, 0.1) is 0 Å². The fraction of sp³-hybridized carbons (Fsp3) is 0. The first kappa shape index (κ1) is 34.9. The number of hydrogen-bond donors (Lipinski definition) is 0. The van der Waals surface area contributed by atoms with Gasteiger partial charge >= 0.3 is 0 Å². The third-order valence-corrected chi connectivity index (χ3v) is 12.1. The Balaban J connectivity index is 0.994. The van der Waals surface area contributed by atoms with Crippen molar-refractivity contribution in [2.45, 2.75) is 0 Å². The summed E-state index contributed by atoms with van der Waals surface area (Å²) < 4.78 is 6.13. The molecule has 2 aromatic heterocycles. The van der Waals surface area contributed by atoms with Gasteiger partial charge in [-0.1, -0.05) is 176 Å². The lowest BCUT2D eigenvalue weighted by Crippen LogP contribution is -1.93. The number of aromatic nitrogens is 2. The highest BCUT2D eigenvalue weighted by Crippen LogP contribution is 2.40. The topological polar surface area (TPSA) is 38.9 Å². The Labute approximate surface area is 352 Å². The van der Waals surface area contributed by atoms with Gasteiger partial charge in [0.1, 0.15) is 11.2 Å². The van der Waals surface area contributed by atoms with Gasteiger partial charge in [-0.05, 0) is 103 Å². The maximum atomic E-state index is 6.13. The van der Waals surface area contributed by atoms with Crippen molar-refractivity contribution in [3.63, 3.8) is 0 Å². The van der Waals surface area contributed by atoms with Gasteiger partial charge in [0, 0.05) is 27.1 Å². The third-order valence-electron chi connectivity index (χ3n) is 12.1. The van der Waals surface area contributed by atoms with Crippen LogP contribution in [-0.4, -0.2) is 9.97 Å². The molecule has 3 nitrogen and oxygen atoms in total. The molecule has 0 saturated carbocycles. The number of nitrogens with zero attached hydrogens (tertiary/aromatic N) is 2. The van der Waals surface area contributed by atoms with Crippen LogP contribution < -0.4 is 0 Å². The van der Waals surface area contributed by atoms with Gasteiger partial charge in [-0.2, -0.15) is 0 Å². The zero-order chi connectivity index (χ0) is 40.3. The maximum absolute atomic E-state index is 6.13. The first-order chi connectivity index (χ1) is 30.2. The Morgan fingerprint density at radius 3 is 1.33 bits per heavy atom. The molecule has 0 aliphatic heterocycles. The minimum absolute atomic E-state index is 0.834. The number of fused-ring (bicyclic) bond motifs is 9. The van der Waals surface area contributed by atoms with Gasteiger partial charge < -0.3 is 4.42 Å². The quantitative estimate of drug-likeness (QED) is 0.158. The lowest BCUT2D eigenvalue weighted by molar-refractivity contribution is 0.669. The monoisotopic (exact) mass is 776 g/mol. The van der Waals surface area contributed by atoms with E-state index in [2.05, 4.69) is 200 Å². The minimum atomic E-state index is 0.834. The average molecular weight is 777 g/mol. The molecule has 0 aliphatic rings. The van der Waals surface area contributed by atoms with E-state index >= 15 is 0 Å². The first-order valence-corrected chi connectivity index (χ1v) is 20.7. The lowest BCUT2D eigenvalue weighted by Gasteiger charge is -2.14. The first-order valence-electron chi connectivity index (χ1n) is 20.7. The highest BCUT2D eigenvalue weighted by atomic mass is 16.3. The van der Waals surface area contributed by atoms with Crippen LogP contribution in [0.5, 0.6) is 0 Å². The van der Waals surface area contributed by atoms with Crippen molar-refractivity contribution in [3.05, 3.63) is 219 Å². The van der Waals surface area contributed by atoms with Gasteiger partial charge in [0.2, 0.25) is 0 Å². The molecule has 61 heavy (non-hydrogen) atoms. The Hall–Kier alpha value is -8.14. The molecule has 0 N–H and O–H groups in total. The van der Waals surface area contributed by atoms with Gasteiger partial charge in [-0.15, -0.1) is 0 Å². The second-order valence-electron chi connectivity index (χ2n) is 15.7. The van der Waals surface area contributed by atoms with Crippen molar-refractivity contribution >= 4 is 54.5 Å². The highest BCUT2D eigenvalue weighted by Gasteiger charge is 2.16. The van der Waals surface area contributed by atoms with E-state index in [1.807, 2.05) is 18.3 Å². The number of para-hydroxylation sites is 1. The van der Waals surface area contributed by atoms with Crippen molar-refractivity contribution in [1.29, 1.82) is 0 Å². The summed E-state index contributed by atoms with van der Waals surface area (Å²) >= 11 is 0. The summed E-state index contributed by atoms with van der Waals surface area (Å²) in [6.45, 7) is 0. The van der Waals surface area contributed by atoms with Crippen LogP contribution >= 0.6 is 0 Å². The Kier molecular flexibility index (Phi) is 8.17. The van der Waals surface area contributed by atoms with E-state index in [0.717, 1.165) is 88.0 Å². The molecule has 12 aromatic rings. The molecule has 0 amide bonds. The van der Waals surface area contributed by atoms with Crippen LogP contribution in [0.1, 0.15) is 0 Å². The van der Waals surface area contributed by atoms with E-state index in [9.17, 15) is 0 Å². The van der Waals surface area contributed by atoms with E-state index in [0.29, 0.717) is 0 Å². The number of rotatable bonds is 6. The zero-order valence-electron chi connectivity index (χ0n) is 33.1. The summed E-state index contributed by atoms with van der Waals surface area (Å²) in [7, 11) is 0. The molecule has 0 spiro atoms. The molecule has 2 heterocycles. The van der Waals surface area contributed by atoms with Gasteiger partial charge in [-0.3, -0.25) is 4.98 Å². The van der Waals surface area contributed by atoms with Crippen LogP contribution in [0.2, 0.25) is 0 Å². The molecule has 0 atom stereocenters. The van der Waals surface area contributed by atoms with E-state index in [1.54, 1.807) is 0 Å². The number of benzene rings is 10. The zero-order valence-corrected chi connectivity index (χ0v) is 33.1. The Morgan fingerprint density at radius 1 is 0.262 bits per heavy atom. The predicted molar refractivity (Wildman–Crippen MR) is 254 cm³/mol. The van der Waals surface area contributed by atoms with Gasteiger partial charge in [0.15, 0.2) is 0 Å². The van der Waals surface area contributed by atoms with Crippen LogP contribution in [-0.2, 0) is 0 Å². The maximum Gasteiger partial charge on any atom is 0.135 e. The van der Waals surface area contributed by atoms with Crippen LogP contribution in [0.3, 0.4) is 0 Å². The average Bonchev–Trinajstić information content (AvgIpc) is 3.72. The van der Waals surface area contributed by atoms with Gasteiger partial charge in [0.05, 0.1) is 22.9 Å². The number of furan rings is 1. The van der Waals surface area contributed by atoms with E-state index in [1.165, 1.54) is 33.4 Å². The highest BCUT2D eigenvalue weighted by molar-refractivity contribution is 6.24. The van der Waals surface area contributed by atoms with Gasteiger partial charge in [-0.25, -0.2) is 4.98 Å². The van der Waals surface area contributed by atoms with Crippen LogP contribution in [0.15, 0.2) is 223 Å². The summed E-state index contributed by atoms with van der Waals surface area (Å²) in [5.41, 5.74) is 17.1. The predicted octanol–water partition coefficient (Wildman–Crippen LogP) is 15.8. The second kappa shape index (κ2) is 14.3. The van der Waals surface area contributed by atoms with E-state index in [4.69, 9.17) is 14.4 Å². The van der Waals surface area contributed by atoms with Gasteiger partial charge in [0.25, 0.3) is 0 Å². The van der Waals surface area contributed by atoms with Crippen molar-refractivity contribution < 1.29 is 4.42 Å². The molecule has 284 valence electrons. The van der Waals surface area contributed by atoms with E-state index in [-0.39, 0.29) is 0 Å².